The molecule has 8 nitrogen and oxygen atoms in total. The molecule has 2 aliphatic heterocycles. The van der Waals surface area contributed by atoms with Gasteiger partial charge in [0.15, 0.2) is 15.0 Å². The summed E-state index contributed by atoms with van der Waals surface area (Å²) in [7, 11) is -3.24. The van der Waals surface area contributed by atoms with Gasteiger partial charge in [0.25, 0.3) is 5.91 Å². The van der Waals surface area contributed by atoms with Crippen LogP contribution in [0.4, 0.5) is 10.5 Å². The van der Waals surface area contributed by atoms with E-state index in [0.29, 0.717) is 20.9 Å². The molecule has 0 unspecified atom stereocenters. The van der Waals surface area contributed by atoms with Gasteiger partial charge in [-0.05, 0) is 44.5 Å². The Balaban J connectivity index is 1.66. The van der Waals surface area contributed by atoms with E-state index in [4.69, 9.17) is 27.9 Å². The largest absolute Gasteiger partial charge is 0.444 e. The zero-order chi connectivity index (χ0) is 27.0. The third kappa shape index (κ3) is 6.98. The van der Waals surface area contributed by atoms with Gasteiger partial charge in [0.2, 0.25) is 0 Å². The number of aliphatic imine (C=N–C) groups is 1. The molecule has 4 rings (SSSR count). The average molecular weight is 585 g/mol. The number of amides is 2. The van der Waals surface area contributed by atoms with E-state index in [-0.39, 0.29) is 23.2 Å². The smallest absolute Gasteiger partial charge is 0.408 e. The zero-order valence-corrected chi connectivity index (χ0v) is 23.6. The summed E-state index contributed by atoms with van der Waals surface area (Å²) >= 11 is 13.6. The zero-order valence-electron chi connectivity index (χ0n) is 20.5. The summed E-state index contributed by atoms with van der Waals surface area (Å²) in [6.45, 7) is 5.20. The van der Waals surface area contributed by atoms with Crippen molar-refractivity contribution in [3.05, 3.63) is 64.1 Å². The fourth-order valence-electron chi connectivity index (χ4n) is 4.17. The number of alkyl carbamates (subject to hydrolysis) is 1. The van der Waals surface area contributed by atoms with Crippen LogP contribution in [0.15, 0.2) is 53.5 Å². The number of rotatable bonds is 5. The third-order valence-corrected chi connectivity index (χ3v) is 9.67. The highest BCUT2D eigenvalue weighted by atomic mass is 35.5. The summed E-state index contributed by atoms with van der Waals surface area (Å²) < 4.78 is 30.1. The number of benzene rings is 2. The standard InChI is InChI=1S/C25H27Cl2N3O5S2/c1-25(2,3)35-24(32)28-19(11-15-7-5-4-6-8-15)22(31)29-23-30(16-9-10-17(26)18(27)12-16)20-13-37(33,34)14-21(20)36-23/h4-10,12,19-21H,11,13-14H2,1-3H3,(H,28,32)/t19-,20+,21+/m1/s1. The summed E-state index contributed by atoms with van der Waals surface area (Å²) in [6, 6.07) is 12.8. The minimum atomic E-state index is -3.24. The summed E-state index contributed by atoms with van der Waals surface area (Å²) in [4.78, 5) is 32.1. The Morgan fingerprint density at radius 3 is 2.49 bits per heavy atom. The molecule has 2 aliphatic rings. The highest BCUT2D eigenvalue weighted by molar-refractivity contribution is 8.16. The van der Waals surface area contributed by atoms with Crippen molar-refractivity contribution in [1.82, 2.24) is 5.32 Å². The molecule has 0 aliphatic carbocycles. The summed E-state index contributed by atoms with van der Waals surface area (Å²) in [6.07, 6.45) is -0.528. The summed E-state index contributed by atoms with van der Waals surface area (Å²) in [5, 5.41) is 3.35. The molecule has 0 radical (unpaired) electrons. The van der Waals surface area contributed by atoms with Crippen molar-refractivity contribution in [3.63, 3.8) is 0 Å². The molecule has 2 fully saturated rings. The summed E-state index contributed by atoms with van der Waals surface area (Å²) in [5.74, 6) is -0.663. The fourth-order valence-corrected chi connectivity index (χ4v) is 8.38. The lowest BCUT2D eigenvalue weighted by Gasteiger charge is -2.25. The molecule has 2 aromatic rings. The molecule has 0 bridgehead atoms. The van der Waals surface area contributed by atoms with Crippen LogP contribution >= 0.6 is 35.0 Å². The van der Waals surface area contributed by atoms with Crippen LogP contribution in [0, 0.1) is 0 Å². The van der Waals surface area contributed by atoms with Crippen molar-refractivity contribution in [2.45, 2.75) is 50.1 Å². The van der Waals surface area contributed by atoms with Crippen LogP contribution < -0.4 is 10.2 Å². The molecular formula is C25H27Cl2N3O5S2. The number of thioether (sulfide) groups is 1. The third-order valence-electron chi connectivity index (χ3n) is 5.73. The van der Waals surface area contributed by atoms with Crippen LogP contribution in [0.1, 0.15) is 26.3 Å². The molecule has 0 saturated carbocycles. The van der Waals surface area contributed by atoms with E-state index in [1.54, 1.807) is 43.9 Å². The highest BCUT2D eigenvalue weighted by Gasteiger charge is 2.49. The molecule has 12 heteroatoms. The molecule has 0 aromatic heterocycles. The van der Waals surface area contributed by atoms with Crippen molar-refractivity contribution >= 4 is 67.7 Å². The monoisotopic (exact) mass is 583 g/mol. The quantitative estimate of drug-likeness (QED) is 0.542. The fraction of sp³-hybridized carbons (Fsp3) is 0.400. The van der Waals surface area contributed by atoms with Gasteiger partial charge in [-0.3, -0.25) is 4.79 Å². The molecule has 2 amide bonds. The van der Waals surface area contributed by atoms with Gasteiger partial charge in [-0.25, -0.2) is 13.2 Å². The van der Waals surface area contributed by atoms with Gasteiger partial charge < -0.3 is 15.0 Å². The minimum Gasteiger partial charge on any atom is -0.444 e. The number of carbonyl (C=O) groups is 2. The van der Waals surface area contributed by atoms with E-state index < -0.39 is 39.5 Å². The number of amidine groups is 1. The number of carbonyl (C=O) groups excluding carboxylic acids is 2. The van der Waals surface area contributed by atoms with Crippen molar-refractivity contribution in [3.8, 4) is 0 Å². The molecule has 0 spiro atoms. The Kier molecular flexibility index (Phi) is 8.13. The van der Waals surface area contributed by atoms with Crippen LogP contribution in [0.5, 0.6) is 0 Å². The van der Waals surface area contributed by atoms with Crippen LogP contribution in [-0.4, -0.2) is 60.0 Å². The Labute approximate surface area is 230 Å². The second-order valence-corrected chi connectivity index (χ2v) is 14.1. The number of hydrogen-bond acceptors (Lipinski definition) is 6. The molecule has 2 saturated heterocycles. The molecule has 3 atom stereocenters. The van der Waals surface area contributed by atoms with E-state index in [1.165, 1.54) is 11.8 Å². The van der Waals surface area contributed by atoms with E-state index in [2.05, 4.69) is 10.3 Å². The second-order valence-electron chi connectivity index (χ2n) is 9.89. The first kappa shape index (κ1) is 27.8. The van der Waals surface area contributed by atoms with Crippen LogP contribution in [-0.2, 0) is 25.8 Å². The lowest BCUT2D eigenvalue weighted by molar-refractivity contribution is -0.119. The molecule has 1 N–H and O–H groups in total. The van der Waals surface area contributed by atoms with Crippen molar-refractivity contribution in [2.75, 3.05) is 16.4 Å². The van der Waals surface area contributed by atoms with Crippen LogP contribution in [0.25, 0.3) is 0 Å². The Hall–Kier alpha value is -2.27. The maximum absolute atomic E-state index is 13.5. The lowest BCUT2D eigenvalue weighted by atomic mass is 10.1. The van der Waals surface area contributed by atoms with E-state index in [1.807, 2.05) is 30.3 Å². The van der Waals surface area contributed by atoms with Crippen LogP contribution in [0.2, 0.25) is 10.0 Å². The van der Waals surface area contributed by atoms with Gasteiger partial charge in [-0.15, -0.1) is 0 Å². The molecule has 2 aromatic carbocycles. The van der Waals surface area contributed by atoms with Gasteiger partial charge in [0, 0.05) is 17.4 Å². The predicted molar refractivity (Wildman–Crippen MR) is 149 cm³/mol. The maximum Gasteiger partial charge on any atom is 0.408 e. The first-order valence-corrected chi connectivity index (χ1v) is 15.0. The van der Waals surface area contributed by atoms with Crippen molar-refractivity contribution < 1.29 is 22.7 Å². The first-order chi connectivity index (χ1) is 17.3. The van der Waals surface area contributed by atoms with Crippen molar-refractivity contribution in [2.24, 2.45) is 4.99 Å². The topological polar surface area (TPSA) is 105 Å². The molecule has 37 heavy (non-hydrogen) atoms. The number of sulfone groups is 1. The Bertz CT molecular complexity index is 1330. The van der Waals surface area contributed by atoms with Crippen LogP contribution in [0.3, 0.4) is 0 Å². The predicted octanol–water partition coefficient (Wildman–Crippen LogP) is 4.73. The van der Waals surface area contributed by atoms with Gasteiger partial charge >= 0.3 is 6.09 Å². The average Bonchev–Trinajstić information content (AvgIpc) is 3.25. The van der Waals surface area contributed by atoms with Gasteiger partial charge in [-0.1, -0.05) is 65.3 Å². The SMILES string of the molecule is CC(C)(C)OC(=O)N[C@H](Cc1ccccc1)C(=O)N=C1S[C@H]2CS(=O)(=O)C[C@@H]2N1c1ccc(Cl)c(Cl)c1. The first-order valence-electron chi connectivity index (χ1n) is 11.6. The van der Waals surface area contributed by atoms with Crippen molar-refractivity contribution in [1.29, 1.82) is 0 Å². The van der Waals surface area contributed by atoms with Gasteiger partial charge in [-0.2, -0.15) is 4.99 Å². The maximum atomic E-state index is 13.5. The number of fused-ring (bicyclic) bond motifs is 1. The number of hydrogen-bond donors (Lipinski definition) is 1. The van der Waals surface area contributed by atoms with Gasteiger partial charge in [0.05, 0.1) is 27.6 Å². The molecule has 198 valence electrons. The molecular weight excluding hydrogens is 557 g/mol. The number of halogens is 2. The number of anilines is 1. The highest BCUT2D eigenvalue weighted by Crippen LogP contribution is 2.42. The number of nitrogens with zero attached hydrogens (tertiary/aromatic N) is 2. The lowest BCUT2D eigenvalue weighted by Crippen LogP contribution is -2.45. The Morgan fingerprint density at radius 2 is 1.84 bits per heavy atom. The van der Waals surface area contributed by atoms with E-state index in [9.17, 15) is 18.0 Å². The minimum absolute atomic E-state index is 0.0169. The van der Waals surface area contributed by atoms with Gasteiger partial charge in [0.1, 0.15) is 11.6 Å². The number of ether oxygens (including phenoxy) is 1. The summed E-state index contributed by atoms with van der Waals surface area (Å²) in [5.41, 5.74) is 0.670. The Morgan fingerprint density at radius 1 is 1.14 bits per heavy atom. The van der Waals surface area contributed by atoms with E-state index in [0.717, 1.165) is 5.56 Å². The molecule has 2 heterocycles. The normalized spacial score (nSPS) is 22.5. The number of nitrogens with one attached hydrogen (secondary N) is 1. The van der Waals surface area contributed by atoms with E-state index >= 15 is 0 Å². The second kappa shape index (κ2) is 10.8.